The SMILES string of the molecule is CCOC(=O)CCc1cnc2c(c1)C(=CCCN1CCC(O)(c3ccc(Cl)cc3)CC1)C=C1C(=CC=CC1NC(N)=O)O2. The first-order chi connectivity index (χ1) is 20.7. The van der Waals surface area contributed by atoms with Crippen LogP contribution in [-0.4, -0.2) is 59.3 Å². The number of nitrogens with zero attached hydrogens (tertiary/aromatic N) is 2. The summed E-state index contributed by atoms with van der Waals surface area (Å²) in [6.45, 7) is 4.48. The van der Waals surface area contributed by atoms with Gasteiger partial charge in [-0.05, 0) is 79.7 Å². The van der Waals surface area contributed by atoms with Gasteiger partial charge in [-0.2, -0.15) is 0 Å². The molecular formula is C33H37ClN4O5. The quantitative estimate of drug-likeness (QED) is 0.351. The molecule has 4 N–H and O–H groups in total. The van der Waals surface area contributed by atoms with Crippen LogP contribution >= 0.6 is 11.6 Å². The number of aliphatic hydroxyl groups is 1. The van der Waals surface area contributed by atoms with Gasteiger partial charge in [0, 0.05) is 48.4 Å². The third kappa shape index (κ3) is 7.54. The number of aryl methyl sites for hydroxylation is 1. The van der Waals surface area contributed by atoms with E-state index < -0.39 is 17.7 Å². The monoisotopic (exact) mass is 604 g/mol. The zero-order valence-corrected chi connectivity index (χ0v) is 25.0. The van der Waals surface area contributed by atoms with Gasteiger partial charge >= 0.3 is 12.0 Å². The first kappa shape index (κ1) is 30.5. The second kappa shape index (κ2) is 13.6. The van der Waals surface area contributed by atoms with Gasteiger partial charge in [-0.25, -0.2) is 9.78 Å². The van der Waals surface area contributed by atoms with Gasteiger partial charge in [0.1, 0.15) is 5.76 Å². The van der Waals surface area contributed by atoms with Gasteiger partial charge in [0.2, 0.25) is 5.88 Å². The number of likely N-dealkylation sites (tertiary alicyclic amines) is 1. The van der Waals surface area contributed by atoms with E-state index in [9.17, 15) is 14.7 Å². The number of carbonyl (C=O) groups excluding carboxylic acids is 2. The van der Waals surface area contributed by atoms with Gasteiger partial charge in [0.05, 0.1) is 18.2 Å². The van der Waals surface area contributed by atoms with Crippen molar-refractivity contribution in [1.82, 2.24) is 15.2 Å². The van der Waals surface area contributed by atoms with Crippen molar-refractivity contribution in [1.29, 1.82) is 0 Å². The molecule has 0 spiro atoms. The van der Waals surface area contributed by atoms with E-state index in [2.05, 4.69) is 21.3 Å². The minimum atomic E-state index is -0.854. The van der Waals surface area contributed by atoms with Crippen LogP contribution in [-0.2, 0) is 21.6 Å². The van der Waals surface area contributed by atoms with Crippen molar-refractivity contribution in [2.45, 2.75) is 50.7 Å². The standard InChI is InChI=1S/C33H37ClN4O5/c1-2-42-30(39)13-8-22-19-26-23(20-27-28(37-32(35)40)6-3-7-29(27)43-31(26)36-21-22)5-4-16-38-17-14-33(41,15-18-38)24-9-11-25(34)12-10-24/h3,5-7,9-12,19-21,28,41H,2,4,8,13-18H2,1H3,(H3,35,37,40). The molecule has 2 aromatic rings. The Morgan fingerprint density at radius 3 is 2.77 bits per heavy atom. The van der Waals surface area contributed by atoms with E-state index in [1.54, 1.807) is 13.1 Å². The molecule has 0 saturated carbocycles. The Hall–Kier alpha value is -3.92. The number of ether oxygens (including phenoxy) is 2. The van der Waals surface area contributed by atoms with E-state index in [-0.39, 0.29) is 12.4 Å². The summed E-state index contributed by atoms with van der Waals surface area (Å²) in [5.74, 6) is 0.775. The third-order valence-corrected chi connectivity index (χ3v) is 8.25. The summed E-state index contributed by atoms with van der Waals surface area (Å²) >= 11 is 6.04. The number of hydrogen-bond donors (Lipinski definition) is 3. The Morgan fingerprint density at radius 1 is 1.28 bits per heavy atom. The molecule has 1 fully saturated rings. The topological polar surface area (TPSA) is 127 Å². The molecule has 1 unspecified atom stereocenters. The largest absolute Gasteiger partial charge is 0.466 e. The number of amides is 2. The number of rotatable bonds is 9. The fraction of sp³-hybridized carbons (Fsp3) is 0.364. The molecule has 43 heavy (non-hydrogen) atoms. The average molecular weight is 605 g/mol. The van der Waals surface area contributed by atoms with Crippen LogP contribution in [0.2, 0.25) is 5.02 Å². The van der Waals surface area contributed by atoms with Gasteiger partial charge in [-0.15, -0.1) is 0 Å². The molecule has 9 nitrogen and oxygen atoms in total. The van der Waals surface area contributed by atoms with Crippen molar-refractivity contribution < 1.29 is 24.2 Å². The number of benzene rings is 1. The van der Waals surface area contributed by atoms with Crippen LogP contribution in [0.25, 0.3) is 5.57 Å². The summed E-state index contributed by atoms with van der Waals surface area (Å²) in [7, 11) is 0. The first-order valence-corrected chi connectivity index (χ1v) is 15.0. The molecule has 0 radical (unpaired) electrons. The number of nitrogens with one attached hydrogen (secondary N) is 1. The lowest BCUT2D eigenvalue weighted by Crippen LogP contribution is -2.42. The number of primary amides is 1. The smallest absolute Gasteiger partial charge is 0.312 e. The number of piperidine rings is 1. The molecule has 1 saturated heterocycles. The fourth-order valence-corrected chi connectivity index (χ4v) is 5.78. The van der Waals surface area contributed by atoms with Gasteiger partial charge < -0.3 is 30.5 Å². The molecule has 1 aromatic carbocycles. The first-order valence-electron chi connectivity index (χ1n) is 14.6. The molecule has 1 aliphatic carbocycles. The summed E-state index contributed by atoms with van der Waals surface area (Å²) in [5, 5.41) is 14.7. The predicted octanol–water partition coefficient (Wildman–Crippen LogP) is 4.80. The van der Waals surface area contributed by atoms with Crippen LogP contribution in [0.1, 0.15) is 49.3 Å². The fourth-order valence-electron chi connectivity index (χ4n) is 5.66. The van der Waals surface area contributed by atoms with E-state index in [1.165, 1.54) is 0 Å². The van der Waals surface area contributed by atoms with Crippen LogP contribution in [0, 0.1) is 0 Å². The Kier molecular flexibility index (Phi) is 9.65. The number of halogens is 1. The highest BCUT2D eigenvalue weighted by Crippen LogP contribution is 2.37. The second-order valence-corrected chi connectivity index (χ2v) is 11.4. The lowest BCUT2D eigenvalue weighted by molar-refractivity contribution is -0.143. The molecule has 226 valence electrons. The van der Waals surface area contributed by atoms with Crippen molar-refractivity contribution in [3.63, 3.8) is 0 Å². The summed E-state index contributed by atoms with van der Waals surface area (Å²) in [5.41, 5.74) is 8.87. The number of pyridine rings is 1. The van der Waals surface area contributed by atoms with Crippen molar-refractivity contribution >= 4 is 29.2 Å². The van der Waals surface area contributed by atoms with E-state index in [0.717, 1.165) is 53.9 Å². The molecule has 0 bridgehead atoms. The minimum Gasteiger partial charge on any atom is -0.466 e. The minimum absolute atomic E-state index is 0.251. The molecule has 3 aliphatic rings. The molecule has 10 heteroatoms. The molecule has 3 heterocycles. The van der Waals surface area contributed by atoms with Crippen LogP contribution in [0.3, 0.4) is 0 Å². The lowest BCUT2D eigenvalue weighted by Gasteiger charge is -2.38. The number of aromatic nitrogens is 1. The second-order valence-electron chi connectivity index (χ2n) is 10.9. The molecule has 1 aromatic heterocycles. The molecule has 5 rings (SSSR count). The van der Waals surface area contributed by atoms with Crippen molar-refractivity contribution in [2.75, 3.05) is 26.2 Å². The average Bonchev–Trinajstić information content (AvgIpc) is 3.14. The molecular weight excluding hydrogens is 568 g/mol. The molecule has 2 aliphatic heterocycles. The number of allylic oxidation sites excluding steroid dienone is 4. The lowest BCUT2D eigenvalue weighted by atomic mass is 9.84. The van der Waals surface area contributed by atoms with Crippen LogP contribution < -0.4 is 15.8 Å². The summed E-state index contributed by atoms with van der Waals surface area (Å²) in [4.78, 5) is 30.7. The third-order valence-electron chi connectivity index (χ3n) is 8.00. The predicted molar refractivity (Wildman–Crippen MR) is 165 cm³/mol. The van der Waals surface area contributed by atoms with Gasteiger partial charge in [0.15, 0.2) is 0 Å². The van der Waals surface area contributed by atoms with Gasteiger partial charge in [-0.1, -0.05) is 42.0 Å². The Morgan fingerprint density at radius 2 is 2.05 bits per heavy atom. The highest BCUT2D eigenvalue weighted by atomic mass is 35.5. The number of esters is 1. The molecule has 2 amide bonds. The maximum atomic E-state index is 12.0. The summed E-state index contributed by atoms with van der Waals surface area (Å²) in [6, 6.07) is 8.36. The number of fused-ring (bicyclic) bond motifs is 2. The Labute approximate surface area is 256 Å². The highest BCUT2D eigenvalue weighted by Gasteiger charge is 2.34. The van der Waals surface area contributed by atoms with Crippen molar-refractivity contribution in [3.8, 4) is 5.88 Å². The summed E-state index contributed by atoms with van der Waals surface area (Å²) < 4.78 is 11.3. The van der Waals surface area contributed by atoms with Crippen LogP contribution in [0.4, 0.5) is 4.79 Å². The van der Waals surface area contributed by atoms with Crippen molar-refractivity contribution in [3.05, 3.63) is 100.0 Å². The maximum Gasteiger partial charge on any atom is 0.312 e. The Balaban J connectivity index is 1.35. The van der Waals surface area contributed by atoms with Crippen LogP contribution in [0.15, 0.2) is 78.2 Å². The maximum absolute atomic E-state index is 12.0. The summed E-state index contributed by atoms with van der Waals surface area (Å²) in [6.07, 6.45) is 14.1. The zero-order valence-electron chi connectivity index (χ0n) is 24.2. The number of nitrogens with two attached hydrogens (primary N) is 1. The van der Waals surface area contributed by atoms with E-state index in [0.29, 0.717) is 42.5 Å². The Bertz CT molecular complexity index is 1470. The highest BCUT2D eigenvalue weighted by molar-refractivity contribution is 6.30. The van der Waals surface area contributed by atoms with E-state index in [4.69, 9.17) is 26.8 Å². The van der Waals surface area contributed by atoms with Crippen LogP contribution in [0.5, 0.6) is 5.88 Å². The molecule has 1 atom stereocenters. The zero-order chi connectivity index (χ0) is 30.4. The van der Waals surface area contributed by atoms with Gasteiger partial charge in [0.25, 0.3) is 0 Å². The normalized spacial score (nSPS) is 20.2. The van der Waals surface area contributed by atoms with E-state index in [1.807, 2.05) is 54.6 Å². The van der Waals surface area contributed by atoms with Gasteiger partial charge in [-0.3, -0.25) is 4.79 Å². The van der Waals surface area contributed by atoms with E-state index >= 15 is 0 Å². The number of urea groups is 1. The number of carbonyl (C=O) groups is 2. The van der Waals surface area contributed by atoms with Crippen molar-refractivity contribution in [2.24, 2.45) is 5.73 Å². The number of hydrogen-bond acceptors (Lipinski definition) is 7.